The van der Waals surface area contributed by atoms with Crippen LogP contribution in [0.15, 0.2) is 60.7 Å². The van der Waals surface area contributed by atoms with Crippen LogP contribution in [0.5, 0.6) is 17.2 Å². The molecule has 1 atom stereocenters. The van der Waals surface area contributed by atoms with Crippen molar-refractivity contribution in [2.24, 2.45) is 0 Å². The summed E-state index contributed by atoms with van der Waals surface area (Å²) in [4.78, 5) is 11.4. The van der Waals surface area contributed by atoms with E-state index in [2.05, 4.69) is 38.1 Å². The zero-order valence-electron chi connectivity index (χ0n) is 26.2. The van der Waals surface area contributed by atoms with Crippen LogP contribution in [0.1, 0.15) is 108 Å². The number of rotatable bonds is 20. The van der Waals surface area contributed by atoms with Gasteiger partial charge >= 0.3 is 5.69 Å². The van der Waals surface area contributed by atoms with Crippen LogP contribution in [0, 0.1) is 10.1 Å². The van der Waals surface area contributed by atoms with Crippen molar-refractivity contribution < 1.29 is 19.1 Å². The summed E-state index contributed by atoms with van der Waals surface area (Å²) in [5.74, 6) is 1.82. The summed E-state index contributed by atoms with van der Waals surface area (Å²) < 4.78 is 18.0. The quantitative estimate of drug-likeness (QED) is 0.0747. The maximum Gasteiger partial charge on any atom is 0.314 e. The number of unbranched alkanes of at least 4 members (excludes halogenated alkanes) is 10. The topological polar surface area (TPSA) is 70.8 Å². The Bertz CT molecular complexity index is 1260. The number of nitrogens with zero attached hydrogens (tertiary/aromatic N) is 1. The molecular weight excluding hydrogens is 538 g/mol. The molecule has 0 amide bonds. The molecule has 0 N–H and O–H groups in total. The standard InChI is InChI=1S/C37H49NO5/c1-3-5-7-9-11-13-15-34-25-32-26-37(35(38(39)40)27-36(32)43-34)42-28-29-16-18-30(19-17-29)31-20-22-33(23-21-31)41-24-14-12-10-8-6-4-2/h16-23,26-27,34H,3-15,24-25,28H2,1-2H3. The van der Waals surface area contributed by atoms with E-state index in [1.807, 2.05) is 24.3 Å². The zero-order chi connectivity index (χ0) is 30.3. The third-order valence-electron chi connectivity index (χ3n) is 8.26. The van der Waals surface area contributed by atoms with Crippen LogP contribution in [0.2, 0.25) is 0 Å². The van der Waals surface area contributed by atoms with Crippen LogP contribution >= 0.6 is 0 Å². The Morgan fingerprint density at radius 2 is 1.37 bits per heavy atom. The molecule has 0 aromatic heterocycles. The highest BCUT2D eigenvalue weighted by molar-refractivity contribution is 5.64. The molecule has 0 saturated heterocycles. The van der Waals surface area contributed by atoms with Crippen LogP contribution in [0.3, 0.4) is 0 Å². The van der Waals surface area contributed by atoms with Crippen molar-refractivity contribution in [1.82, 2.24) is 0 Å². The Morgan fingerprint density at radius 1 is 0.767 bits per heavy atom. The molecule has 1 heterocycles. The fourth-order valence-corrected chi connectivity index (χ4v) is 5.67. The Labute approximate surface area is 257 Å². The number of hydrogen-bond acceptors (Lipinski definition) is 5. The number of ether oxygens (including phenoxy) is 3. The van der Waals surface area contributed by atoms with Gasteiger partial charge in [0.25, 0.3) is 0 Å². The van der Waals surface area contributed by atoms with Gasteiger partial charge in [0.1, 0.15) is 24.2 Å². The molecule has 0 saturated carbocycles. The van der Waals surface area contributed by atoms with Crippen molar-refractivity contribution >= 4 is 5.69 Å². The second kappa shape index (κ2) is 17.5. The number of benzene rings is 3. The number of nitro groups is 1. The molecule has 6 heteroatoms. The summed E-state index contributed by atoms with van der Waals surface area (Å²) in [6.45, 7) is 5.48. The fraction of sp³-hybridized carbons (Fsp3) is 0.514. The molecule has 0 radical (unpaired) electrons. The predicted octanol–water partition coefficient (Wildman–Crippen LogP) is 10.6. The zero-order valence-corrected chi connectivity index (χ0v) is 26.2. The first-order chi connectivity index (χ1) is 21.1. The molecule has 232 valence electrons. The largest absolute Gasteiger partial charge is 0.494 e. The molecule has 1 unspecified atom stereocenters. The van der Waals surface area contributed by atoms with Crippen molar-refractivity contribution in [3.8, 4) is 28.4 Å². The first-order valence-corrected chi connectivity index (χ1v) is 16.5. The SMILES string of the molecule is CCCCCCCCOc1ccc(-c2ccc(COc3cc4c(cc3[N+](=O)[O-])OC(CCCCCCCC)C4)cc2)cc1. The minimum Gasteiger partial charge on any atom is -0.494 e. The Morgan fingerprint density at radius 3 is 2.02 bits per heavy atom. The Hall–Kier alpha value is -3.54. The highest BCUT2D eigenvalue weighted by Gasteiger charge is 2.28. The monoisotopic (exact) mass is 587 g/mol. The van der Waals surface area contributed by atoms with Gasteiger partial charge in [0.2, 0.25) is 0 Å². The minimum absolute atomic E-state index is 0.0469. The summed E-state index contributed by atoms with van der Waals surface area (Å²) in [5.41, 5.74) is 4.11. The molecule has 0 bridgehead atoms. The molecule has 0 aliphatic carbocycles. The highest BCUT2D eigenvalue weighted by atomic mass is 16.6. The van der Waals surface area contributed by atoms with Gasteiger partial charge in [0.15, 0.2) is 5.75 Å². The summed E-state index contributed by atoms with van der Waals surface area (Å²) >= 11 is 0. The molecule has 6 nitrogen and oxygen atoms in total. The van der Waals surface area contributed by atoms with Gasteiger partial charge in [0, 0.05) is 12.0 Å². The van der Waals surface area contributed by atoms with E-state index >= 15 is 0 Å². The van der Waals surface area contributed by atoms with Crippen molar-refractivity contribution in [3.05, 3.63) is 81.9 Å². The van der Waals surface area contributed by atoms with Gasteiger partial charge in [0.05, 0.1) is 17.6 Å². The van der Waals surface area contributed by atoms with Gasteiger partial charge in [-0.3, -0.25) is 10.1 Å². The number of hydrogen-bond donors (Lipinski definition) is 0. The molecule has 1 aliphatic heterocycles. The second-order valence-corrected chi connectivity index (χ2v) is 11.8. The van der Waals surface area contributed by atoms with E-state index in [1.165, 1.54) is 70.3 Å². The van der Waals surface area contributed by atoms with Gasteiger partial charge in [-0.05, 0) is 54.2 Å². The molecular formula is C37H49NO5. The predicted molar refractivity (Wildman–Crippen MR) is 174 cm³/mol. The third kappa shape index (κ3) is 10.3. The van der Waals surface area contributed by atoms with E-state index in [0.29, 0.717) is 11.5 Å². The molecule has 3 aromatic rings. The van der Waals surface area contributed by atoms with Crippen molar-refractivity contribution in [2.45, 2.75) is 116 Å². The molecule has 3 aromatic carbocycles. The smallest absolute Gasteiger partial charge is 0.314 e. The van der Waals surface area contributed by atoms with Crippen molar-refractivity contribution in [3.63, 3.8) is 0 Å². The lowest BCUT2D eigenvalue weighted by Crippen LogP contribution is -2.12. The first kappa shape index (κ1) is 32.4. The summed E-state index contributed by atoms with van der Waals surface area (Å²) in [6.07, 6.45) is 16.8. The van der Waals surface area contributed by atoms with Crippen molar-refractivity contribution in [1.29, 1.82) is 0 Å². The first-order valence-electron chi connectivity index (χ1n) is 16.5. The summed E-state index contributed by atoms with van der Waals surface area (Å²) in [6, 6.07) is 19.7. The van der Waals surface area contributed by atoms with E-state index in [4.69, 9.17) is 14.2 Å². The van der Waals surface area contributed by atoms with Gasteiger partial charge in [-0.2, -0.15) is 0 Å². The maximum atomic E-state index is 11.8. The van der Waals surface area contributed by atoms with Gasteiger partial charge in [-0.15, -0.1) is 0 Å². The van der Waals surface area contributed by atoms with E-state index in [-0.39, 0.29) is 23.3 Å². The van der Waals surface area contributed by atoms with Crippen LogP contribution in [-0.2, 0) is 13.0 Å². The van der Waals surface area contributed by atoms with Gasteiger partial charge in [-0.25, -0.2) is 0 Å². The Balaban J connectivity index is 1.26. The summed E-state index contributed by atoms with van der Waals surface area (Å²) in [5, 5.41) is 11.8. The van der Waals surface area contributed by atoms with Crippen LogP contribution in [0.4, 0.5) is 5.69 Å². The van der Waals surface area contributed by atoms with Gasteiger partial charge < -0.3 is 14.2 Å². The Kier molecular flexibility index (Phi) is 13.2. The van der Waals surface area contributed by atoms with E-state index in [1.54, 1.807) is 6.07 Å². The molecule has 1 aliphatic rings. The average molecular weight is 588 g/mol. The maximum absolute atomic E-state index is 11.8. The molecule has 0 spiro atoms. The normalized spacial score (nSPS) is 13.9. The van der Waals surface area contributed by atoms with E-state index in [0.717, 1.165) is 60.3 Å². The summed E-state index contributed by atoms with van der Waals surface area (Å²) in [7, 11) is 0. The lowest BCUT2D eigenvalue weighted by molar-refractivity contribution is -0.386. The molecule has 4 rings (SSSR count). The van der Waals surface area contributed by atoms with Crippen LogP contribution < -0.4 is 14.2 Å². The number of fused-ring (bicyclic) bond motifs is 1. The van der Waals surface area contributed by atoms with Crippen molar-refractivity contribution in [2.75, 3.05) is 6.61 Å². The highest BCUT2D eigenvalue weighted by Crippen LogP contribution is 2.40. The third-order valence-corrected chi connectivity index (χ3v) is 8.26. The minimum atomic E-state index is -0.385. The lowest BCUT2D eigenvalue weighted by atomic mass is 10.0. The fourth-order valence-electron chi connectivity index (χ4n) is 5.67. The molecule has 0 fully saturated rings. The number of nitro benzene ring substituents is 1. The lowest BCUT2D eigenvalue weighted by Gasteiger charge is -2.11. The molecule has 43 heavy (non-hydrogen) atoms. The van der Waals surface area contributed by atoms with Gasteiger partial charge in [-0.1, -0.05) is 114 Å². The van der Waals surface area contributed by atoms with E-state index in [9.17, 15) is 10.1 Å². The van der Waals surface area contributed by atoms with Crippen LogP contribution in [-0.4, -0.2) is 17.6 Å². The second-order valence-electron chi connectivity index (χ2n) is 11.8. The van der Waals surface area contributed by atoms with E-state index < -0.39 is 0 Å². The van der Waals surface area contributed by atoms with Crippen LogP contribution in [0.25, 0.3) is 11.1 Å². The average Bonchev–Trinajstić information content (AvgIpc) is 3.43.